The molecule has 0 spiro atoms. The Morgan fingerprint density at radius 1 is 1.27 bits per heavy atom. The lowest BCUT2D eigenvalue weighted by Crippen LogP contribution is -2.52. The SMILES string of the molecule is Cc1nc(-c2ncccn2)sc1C(=O)N1CSCC1C(=O)NC(C)(C)C. The zero-order chi connectivity index (χ0) is 18.9. The van der Waals surface area contributed by atoms with E-state index in [0.717, 1.165) is 0 Å². The molecule has 2 aromatic heterocycles. The number of carbonyl (C=O) groups excluding carboxylic acids is 2. The third-order valence-corrected chi connectivity index (χ3v) is 5.85. The molecule has 0 aliphatic carbocycles. The smallest absolute Gasteiger partial charge is 0.267 e. The summed E-state index contributed by atoms with van der Waals surface area (Å²) in [5.41, 5.74) is 0.298. The molecule has 1 aliphatic rings. The quantitative estimate of drug-likeness (QED) is 0.864. The Labute approximate surface area is 160 Å². The minimum Gasteiger partial charge on any atom is -0.350 e. The van der Waals surface area contributed by atoms with Crippen LogP contribution in [0.25, 0.3) is 10.8 Å². The molecule has 0 aromatic carbocycles. The molecule has 1 atom stereocenters. The molecular weight excluding hydrogens is 370 g/mol. The van der Waals surface area contributed by atoms with Crippen molar-refractivity contribution in [3.8, 4) is 10.8 Å². The molecular formula is C17H21N5O2S2. The van der Waals surface area contributed by atoms with Crippen LogP contribution in [0.3, 0.4) is 0 Å². The molecule has 3 rings (SSSR count). The summed E-state index contributed by atoms with van der Waals surface area (Å²) in [5.74, 6) is 1.30. The summed E-state index contributed by atoms with van der Waals surface area (Å²) >= 11 is 2.85. The van der Waals surface area contributed by atoms with Gasteiger partial charge in [-0.25, -0.2) is 15.0 Å². The van der Waals surface area contributed by atoms with Gasteiger partial charge in [0.15, 0.2) is 10.8 Å². The number of thioether (sulfide) groups is 1. The van der Waals surface area contributed by atoms with Crippen molar-refractivity contribution in [2.24, 2.45) is 0 Å². The van der Waals surface area contributed by atoms with E-state index in [-0.39, 0.29) is 17.4 Å². The largest absolute Gasteiger partial charge is 0.350 e. The Bertz CT molecular complexity index is 816. The van der Waals surface area contributed by atoms with E-state index in [1.807, 2.05) is 20.8 Å². The van der Waals surface area contributed by atoms with Gasteiger partial charge in [-0.1, -0.05) is 0 Å². The first-order chi connectivity index (χ1) is 12.3. The summed E-state index contributed by atoms with van der Waals surface area (Å²) in [5, 5.41) is 3.57. The van der Waals surface area contributed by atoms with Crippen LogP contribution in [0.4, 0.5) is 0 Å². The molecule has 1 aliphatic heterocycles. The zero-order valence-electron chi connectivity index (χ0n) is 15.1. The maximum Gasteiger partial charge on any atom is 0.267 e. The summed E-state index contributed by atoms with van der Waals surface area (Å²) in [6.45, 7) is 7.58. The number of hydrogen-bond donors (Lipinski definition) is 1. The molecule has 1 unspecified atom stereocenters. The fraction of sp³-hybridized carbons (Fsp3) is 0.471. The molecule has 138 valence electrons. The highest BCUT2D eigenvalue weighted by Gasteiger charge is 2.37. The van der Waals surface area contributed by atoms with E-state index in [9.17, 15) is 9.59 Å². The number of aromatic nitrogens is 3. The van der Waals surface area contributed by atoms with E-state index >= 15 is 0 Å². The van der Waals surface area contributed by atoms with Gasteiger partial charge in [0.2, 0.25) is 5.91 Å². The van der Waals surface area contributed by atoms with E-state index in [4.69, 9.17) is 0 Å². The number of amides is 2. The molecule has 0 radical (unpaired) electrons. The Hall–Kier alpha value is -2.00. The number of rotatable bonds is 3. The summed E-state index contributed by atoms with van der Waals surface area (Å²) in [7, 11) is 0. The normalized spacial score (nSPS) is 17.4. The van der Waals surface area contributed by atoms with Gasteiger partial charge in [0.25, 0.3) is 5.91 Å². The first-order valence-corrected chi connectivity index (χ1v) is 10.2. The van der Waals surface area contributed by atoms with Gasteiger partial charge in [-0.3, -0.25) is 9.59 Å². The predicted molar refractivity (Wildman–Crippen MR) is 103 cm³/mol. The van der Waals surface area contributed by atoms with Crippen molar-refractivity contribution in [1.82, 2.24) is 25.2 Å². The van der Waals surface area contributed by atoms with Gasteiger partial charge in [0, 0.05) is 23.7 Å². The fourth-order valence-electron chi connectivity index (χ4n) is 2.54. The summed E-state index contributed by atoms with van der Waals surface area (Å²) in [6, 6.07) is 1.26. The molecule has 7 nitrogen and oxygen atoms in total. The Balaban J connectivity index is 1.82. The van der Waals surface area contributed by atoms with Gasteiger partial charge in [-0.2, -0.15) is 0 Å². The second-order valence-electron chi connectivity index (χ2n) is 7.04. The first kappa shape index (κ1) is 18.8. The Kier molecular flexibility index (Phi) is 5.29. The van der Waals surface area contributed by atoms with Crippen molar-refractivity contribution < 1.29 is 9.59 Å². The van der Waals surface area contributed by atoms with Gasteiger partial charge in [0.1, 0.15) is 10.9 Å². The maximum atomic E-state index is 13.1. The Morgan fingerprint density at radius 2 is 1.96 bits per heavy atom. The van der Waals surface area contributed by atoms with E-state index in [0.29, 0.717) is 33.0 Å². The highest BCUT2D eigenvalue weighted by molar-refractivity contribution is 7.99. The number of thiazole rings is 1. The third kappa shape index (κ3) is 4.04. The lowest BCUT2D eigenvalue weighted by molar-refractivity contribution is -0.125. The molecule has 1 N–H and O–H groups in total. The molecule has 1 fully saturated rings. The molecule has 9 heteroatoms. The third-order valence-electron chi connectivity index (χ3n) is 3.69. The van der Waals surface area contributed by atoms with Crippen molar-refractivity contribution in [3.63, 3.8) is 0 Å². The number of nitrogens with one attached hydrogen (secondary N) is 1. The topological polar surface area (TPSA) is 88.1 Å². The van der Waals surface area contributed by atoms with Gasteiger partial charge in [0.05, 0.1) is 11.6 Å². The first-order valence-electron chi connectivity index (χ1n) is 8.22. The highest BCUT2D eigenvalue weighted by atomic mass is 32.2. The van der Waals surface area contributed by atoms with Crippen molar-refractivity contribution in [2.75, 3.05) is 11.6 Å². The van der Waals surface area contributed by atoms with E-state index < -0.39 is 6.04 Å². The molecule has 2 aromatic rings. The van der Waals surface area contributed by atoms with Gasteiger partial charge in [-0.05, 0) is 33.8 Å². The minimum atomic E-state index is -0.468. The maximum absolute atomic E-state index is 13.1. The molecule has 0 saturated carbocycles. The highest BCUT2D eigenvalue weighted by Crippen LogP contribution is 2.30. The predicted octanol–water partition coefficient (Wildman–Crippen LogP) is 2.34. The number of nitrogens with zero attached hydrogens (tertiary/aromatic N) is 4. The zero-order valence-corrected chi connectivity index (χ0v) is 16.8. The van der Waals surface area contributed by atoms with Crippen LogP contribution in [-0.2, 0) is 4.79 Å². The van der Waals surface area contributed by atoms with Crippen molar-refractivity contribution in [2.45, 2.75) is 39.3 Å². The van der Waals surface area contributed by atoms with Crippen molar-refractivity contribution in [3.05, 3.63) is 29.0 Å². The second kappa shape index (κ2) is 7.32. The van der Waals surface area contributed by atoms with Gasteiger partial charge in [-0.15, -0.1) is 23.1 Å². The van der Waals surface area contributed by atoms with Crippen LogP contribution < -0.4 is 5.32 Å². The average molecular weight is 392 g/mol. The molecule has 3 heterocycles. The number of aryl methyl sites for hydroxylation is 1. The summed E-state index contributed by atoms with van der Waals surface area (Å²) in [6.07, 6.45) is 3.29. The van der Waals surface area contributed by atoms with Gasteiger partial charge < -0.3 is 10.2 Å². The lowest BCUT2D eigenvalue weighted by Gasteiger charge is -2.27. The van der Waals surface area contributed by atoms with Crippen LogP contribution in [0.15, 0.2) is 18.5 Å². The van der Waals surface area contributed by atoms with Crippen LogP contribution in [0.5, 0.6) is 0 Å². The molecule has 0 bridgehead atoms. The molecule has 26 heavy (non-hydrogen) atoms. The van der Waals surface area contributed by atoms with Crippen LogP contribution in [-0.4, -0.2) is 54.9 Å². The second-order valence-corrected chi connectivity index (χ2v) is 9.03. The van der Waals surface area contributed by atoms with E-state index in [2.05, 4.69) is 20.3 Å². The fourth-order valence-corrected chi connectivity index (χ4v) is 4.67. The van der Waals surface area contributed by atoms with Crippen LogP contribution >= 0.6 is 23.1 Å². The molecule has 2 amide bonds. The van der Waals surface area contributed by atoms with E-state index in [1.165, 1.54) is 11.3 Å². The van der Waals surface area contributed by atoms with E-state index in [1.54, 1.807) is 42.0 Å². The average Bonchev–Trinajstić information content (AvgIpc) is 3.20. The monoisotopic (exact) mass is 391 g/mol. The van der Waals surface area contributed by atoms with Crippen LogP contribution in [0.2, 0.25) is 0 Å². The minimum absolute atomic E-state index is 0.121. The van der Waals surface area contributed by atoms with Crippen LogP contribution in [0, 0.1) is 6.92 Å². The number of carbonyl (C=O) groups is 2. The van der Waals surface area contributed by atoms with Gasteiger partial charge >= 0.3 is 0 Å². The standard InChI is InChI=1S/C17H21N5O2S2/c1-10-12(26-15(20-10)13-18-6-5-7-19-13)16(24)22-9-25-8-11(22)14(23)21-17(2,3)4/h5-7,11H,8-9H2,1-4H3,(H,21,23). The lowest BCUT2D eigenvalue weighted by atomic mass is 10.1. The molecule has 1 saturated heterocycles. The Morgan fingerprint density at radius 3 is 2.62 bits per heavy atom. The summed E-state index contributed by atoms with van der Waals surface area (Å²) in [4.78, 5) is 40.6. The van der Waals surface area contributed by atoms with Crippen molar-refractivity contribution in [1.29, 1.82) is 0 Å². The van der Waals surface area contributed by atoms with Crippen LogP contribution in [0.1, 0.15) is 36.1 Å². The van der Waals surface area contributed by atoms with Crippen molar-refractivity contribution >= 4 is 34.9 Å². The summed E-state index contributed by atoms with van der Waals surface area (Å²) < 4.78 is 0. The number of hydrogen-bond acceptors (Lipinski definition) is 7.